The molecule has 7 nitrogen and oxygen atoms in total. The van der Waals surface area contributed by atoms with E-state index in [2.05, 4.69) is 24.5 Å². The molecule has 158 valence electrons. The van der Waals surface area contributed by atoms with Crippen molar-refractivity contribution >= 4 is 28.4 Å². The minimum absolute atomic E-state index is 0.138. The van der Waals surface area contributed by atoms with Crippen LogP contribution >= 0.6 is 0 Å². The highest BCUT2D eigenvalue weighted by atomic mass is 19.4. The second kappa shape index (κ2) is 7.86. The van der Waals surface area contributed by atoms with Crippen LogP contribution in [0.1, 0.15) is 5.56 Å². The van der Waals surface area contributed by atoms with Crippen LogP contribution in [0.2, 0.25) is 0 Å². The lowest BCUT2D eigenvalue weighted by molar-refractivity contribution is -0.274. The summed E-state index contributed by atoms with van der Waals surface area (Å²) in [5, 5.41) is 0.775. The van der Waals surface area contributed by atoms with Crippen LogP contribution in [0, 0.1) is 0 Å². The third-order valence-corrected chi connectivity index (χ3v) is 5.00. The van der Waals surface area contributed by atoms with Crippen molar-refractivity contribution < 1.29 is 17.9 Å². The van der Waals surface area contributed by atoms with Crippen molar-refractivity contribution in [1.82, 2.24) is 14.9 Å². The molecule has 0 radical (unpaired) electrons. The molecule has 4 rings (SSSR count). The Bertz CT molecular complexity index is 1050. The molecule has 2 heterocycles. The van der Waals surface area contributed by atoms with Gasteiger partial charge in [-0.2, -0.15) is 4.98 Å². The predicted octanol–water partition coefficient (Wildman–Crippen LogP) is 3.02. The monoisotopic (exact) mass is 418 g/mol. The maximum Gasteiger partial charge on any atom is 0.573 e. The van der Waals surface area contributed by atoms with Crippen LogP contribution in [0.25, 0.3) is 10.9 Å². The molecular formula is C20H21F3N6O. The van der Waals surface area contributed by atoms with Crippen LogP contribution in [-0.4, -0.2) is 47.4 Å². The van der Waals surface area contributed by atoms with E-state index in [-0.39, 0.29) is 11.7 Å². The summed E-state index contributed by atoms with van der Waals surface area (Å²) in [6, 6.07) is 11.8. The van der Waals surface area contributed by atoms with Crippen molar-refractivity contribution in [2.75, 3.05) is 42.5 Å². The number of rotatable bonds is 4. The van der Waals surface area contributed by atoms with E-state index >= 15 is 0 Å². The predicted molar refractivity (Wildman–Crippen MR) is 109 cm³/mol. The molecule has 0 aliphatic carbocycles. The number of nitrogen functional groups attached to an aromatic ring is 2. The van der Waals surface area contributed by atoms with Crippen LogP contribution in [0.15, 0.2) is 42.5 Å². The molecule has 0 bridgehead atoms. The first-order valence-corrected chi connectivity index (χ1v) is 9.42. The molecule has 10 heteroatoms. The summed E-state index contributed by atoms with van der Waals surface area (Å²) in [6.45, 7) is 3.51. The van der Waals surface area contributed by atoms with Gasteiger partial charge in [0.05, 0.1) is 10.9 Å². The Labute approximate surface area is 171 Å². The van der Waals surface area contributed by atoms with Crippen LogP contribution in [0.4, 0.5) is 30.6 Å². The third-order valence-electron chi connectivity index (χ3n) is 5.00. The smallest absolute Gasteiger partial charge is 0.406 e. The van der Waals surface area contributed by atoms with Gasteiger partial charge in [0.15, 0.2) is 0 Å². The summed E-state index contributed by atoms with van der Waals surface area (Å²) in [6.07, 6.45) is -4.70. The van der Waals surface area contributed by atoms with Gasteiger partial charge in [-0.1, -0.05) is 18.2 Å². The fraction of sp³-hybridized carbons (Fsp3) is 0.300. The second-order valence-electron chi connectivity index (χ2n) is 7.10. The molecule has 3 aromatic rings. The summed E-state index contributed by atoms with van der Waals surface area (Å²) in [7, 11) is 0. The number of anilines is 3. The summed E-state index contributed by atoms with van der Waals surface area (Å²) in [5.41, 5.74) is 14.2. The first kappa shape index (κ1) is 20.0. The standard InChI is InChI=1S/C20H21F3N6O/c21-20(22,23)30-14-4-1-3-13(11-14)12-28-7-9-29(10-8-28)16-6-2-5-15-17(16)18(24)27-19(25)26-15/h1-6,11H,7-10,12H2,(H4,24,25,26,27). The van der Waals surface area contributed by atoms with Crippen molar-refractivity contribution in [3.63, 3.8) is 0 Å². The number of benzene rings is 2. The molecule has 0 unspecified atom stereocenters. The molecule has 0 atom stereocenters. The summed E-state index contributed by atoms with van der Waals surface area (Å²) in [5.74, 6) is 0.278. The molecule has 0 spiro atoms. The van der Waals surface area contributed by atoms with Crippen LogP contribution in [0.5, 0.6) is 5.75 Å². The SMILES string of the molecule is Nc1nc(N)c2c(N3CCN(Cc4cccc(OC(F)(F)F)c4)CC3)cccc2n1. The molecule has 1 aliphatic rings. The second-order valence-corrected chi connectivity index (χ2v) is 7.10. The quantitative estimate of drug-likeness (QED) is 0.673. The summed E-state index contributed by atoms with van der Waals surface area (Å²) < 4.78 is 41.3. The van der Waals surface area contributed by atoms with Gasteiger partial charge in [0, 0.05) is 38.4 Å². The van der Waals surface area contributed by atoms with Gasteiger partial charge in [-0.25, -0.2) is 4.98 Å². The molecule has 30 heavy (non-hydrogen) atoms. The number of hydrogen-bond donors (Lipinski definition) is 2. The van der Waals surface area contributed by atoms with Crippen molar-refractivity contribution in [2.24, 2.45) is 0 Å². The topological polar surface area (TPSA) is 93.5 Å². The number of ether oxygens (including phenoxy) is 1. The minimum atomic E-state index is -4.70. The fourth-order valence-electron chi connectivity index (χ4n) is 3.72. The Kier molecular flexibility index (Phi) is 5.25. The van der Waals surface area contributed by atoms with Crippen molar-refractivity contribution in [1.29, 1.82) is 0 Å². The molecule has 0 saturated carbocycles. The number of halogens is 3. The van der Waals surface area contributed by atoms with Crippen LogP contribution < -0.4 is 21.1 Å². The first-order valence-electron chi connectivity index (χ1n) is 9.42. The van der Waals surface area contributed by atoms with Crippen molar-refractivity contribution in [2.45, 2.75) is 12.9 Å². The maximum atomic E-state index is 12.4. The Morgan fingerprint density at radius 2 is 1.70 bits per heavy atom. The Morgan fingerprint density at radius 1 is 0.967 bits per heavy atom. The zero-order valence-electron chi connectivity index (χ0n) is 16.1. The maximum absolute atomic E-state index is 12.4. The van der Waals surface area contributed by atoms with Crippen LogP contribution in [-0.2, 0) is 6.54 Å². The lowest BCUT2D eigenvalue weighted by atomic mass is 10.1. The first-order chi connectivity index (χ1) is 14.3. The molecule has 4 N–H and O–H groups in total. The number of alkyl halides is 3. The Balaban J connectivity index is 1.44. The molecule has 1 aromatic heterocycles. The van der Waals surface area contributed by atoms with Gasteiger partial charge >= 0.3 is 6.36 Å². The number of hydrogen-bond acceptors (Lipinski definition) is 7. The van der Waals surface area contributed by atoms with Crippen molar-refractivity contribution in [3.05, 3.63) is 48.0 Å². The molecule has 1 saturated heterocycles. The van der Waals surface area contributed by atoms with E-state index in [9.17, 15) is 13.2 Å². The van der Waals surface area contributed by atoms with Gasteiger partial charge in [0.1, 0.15) is 11.6 Å². The Hall–Kier alpha value is -3.27. The molecule has 1 fully saturated rings. The van der Waals surface area contributed by atoms with Gasteiger partial charge < -0.3 is 21.1 Å². The van der Waals surface area contributed by atoms with E-state index in [0.717, 1.165) is 42.8 Å². The van der Waals surface area contributed by atoms with E-state index < -0.39 is 6.36 Å². The summed E-state index contributed by atoms with van der Waals surface area (Å²) in [4.78, 5) is 12.7. The Morgan fingerprint density at radius 3 is 2.43 bits per heavy atom. The number of fused-ring (bicyclic) bond motifs is 1. The highest BCUT2D eigenvalue weighted by Crippen LogP contribution is 2.31. The largest absolute Gasteiger partial charge is 0.573 e. The number of nitrogens with two attached hydrogens (primary N) is 2. The van der Waals surface area contributed by atoms with Gasteiger partial charge in [0.25, 0.3) is 0 Å². The van der Waals surface area contributed by atoms with Gasteiger partial charge in [-0.05, 0) is 29.8 Å². The number of nitrogens with zero attached hydrogens (tertiary/aromatic N) is 4. The zero-order chi connectivity index (χ0) is 21.3. The van der Waals surface area contributed by atoms with E-state index in [1.807, 2.05) is 18.2 Å². The van der Waals surface area contributed by atoms with E-state index in [0.29, 0.717) is 17.9 Å². The minimum Gasteiger partial charge on any atom is -0.406 e. The third kappa shape index (κ3) is 4.48. The normalized spacial score (nSPS) is 15.5. The fourth-order valence-corrected chi connectivity index (χ4v) is 3.72. The van der Waals surface area contributed by atoms with E-state index in [1.54, 1.807) is 12.1 Å². The molecule has 0 amide bonds. The van der Waals surface area contributed by atoms with Gasteiger partial charge in [0.2, 0.25) is 5.95 Å². The highest BCUT2D eigenvalue weighted by molar-refractivity contribution is 5.99. The van der Waals surface area contributed by atoms with E-state index in [4.69, 9.17) is 11.5 Å². The zero-order valence-corrected chi connectivity index (χ0v) is 16.1. The number of aromatic nitrogens is 2. The van der Waals surface area contributed by atoms with Gasteiger partial charge in [-0.3, -0.25) is 4.90 Å². The number of piperazine rings is 1. The molecular weight excluding hydrogens is 397 g/mol. The van der Waals surface area contributed by atoms with Crippen molar-refractivity contribution in [3.8, 4) is 5.75 Å². The lowest BCUT2D eigenvalue weighted by Crippen LogP contribution is -2.46. The van der Waals surface area contributed by atoms with E-state index in [1.165, 1.54) is 12.1 Å². The highest BCUT2D eigenvalue weighted by Gasteiger charge is 2.31. The average Bonchev–Trinajstić information content (AvgIpc) is 2.67. The lowest BCUT2D eigenvalue weighted by Gasteiger charge is -2.36. The van der Waals surface area contributed by atoms with Crippen LogP contribution in [0.3, 0.4) is 0 Å². The van der Waals surface area contributed by atoms with Gasteiger partial charge in [-0.15, -0.1) is 13.2 Å². The molecule has 1 aliphatic heterocycles. The average molecular weight is 418 g/mol. The summed E-state index contributed by atoms with van der Waals surface area (Å²) >= 11 is 0. The molecule has 2 aromatic carbocycles.